The molecule has 1 rings (SSSR count). The van der Waals surface area contributed by atoms with Gasteiger partial charge >= 0.3 is 8.26 Å². The molecule has 0 aliphatic carbocycles. The lowest BCUT2D eigenvalue weighted by Gasteiger charge is -2.06. The topological polar surface area (TPSA) is 43.4 Å². The number of ether oxygens (including phenoxy) is 1. The fourth-order valence-corrected chi connectivity index (χ4v) is 3.36. The quantitative estimate of drug-likeness (QED) is 0.155. The monoisotopic (exact) mass is 480 g/mol. The average Bonchev–Trinajstić information content (AvgIpc) is 2.70. The number of halogens is 2. The van der Waals surface area contributed by atoms with E-state index in [1.807, 2.05) is 30.3 Å². The Morgan fingerprint density at radius 1 is 0.633 bits per heavy atom. The highest BCUT2D eigenvalue weighted by Crippen LogP contribution is 2.14. The Kier molecular flexibility index (Phi) is 21.4. The standard InChI is InChI=1S/C24H42O.Cl2O2S/c1-2-3-4-5-6-7-8-9-10-11-12-13-14-15-16-20-23-25-24-21-18-17-19-22-24;1-5(2,3)4/h17-19,21-22H,2-16,20,23H2,1H3;. The molecule has 1 aromatic rings. The van der Waals surface area contributed by atoms with Gasteiger partial charge in [-0.2, -0.15) is 8.42 Å². The lowest BCUT2D eigenvalue weighted by Crippen LogP contribution is -1.96. The number of unbranched alkanes of at least 4 members (excludes halogenated alkanes) is 15. The van der Waals surface area contributed by atoms with E-state index in [0.717, 1.165) is 12.4 Å². The molecular formula is C24H42Cl2O3S. The van der Waals surface area contributed by atoms with Crippen LogP contribution in [-0.4, -0.2) is 15.0 Å². The normalized spacial score (nSPS) is 11.0. The first kappa shape index (κ1) is 29.5. The Bertz CT molecular complexity index is 557. The number of para-hydroxylation sites is 1. The molecule has 0 aliphatic rings. The molecule has 0 heterocycles. The van der Waals surface area contributed by atoms with Gasteiger partial charge in [-0.15, -0.1) is 0 Å². The molecule has 0 aromatic heterocycles. The summed E-state index contributed by atoms with van der Waals surface area (Å²) < 4.78 is 24.1. The third-order valence-corrected chi connectivity index (χ3v) is 5.01. The smallest absolute Gasteiger partial charge is 0.317 e. The van der Waals surface area contributed by atoms with E-state index in [1.54, 1.807) is 0 Å². The van der Waals surface area contributed by atoms with Crippen LogP contribution >= 0.6 is 21.4 Å². The molecule has 0 unspecified atom stereocenters. The van der Waals surface area contributed by atoms with Gasteiger partial charge in [-0.25, -0.2) is 0 Å². The fraction of sp³-hybridized carbons (Fsp3) is 0.750. The highest BCUT2D eigenvalue weighted by molar-refractivity contribution is 8.31. The maximum absolute atomic E-state index is 9.16. The van der Waals surface area contributed by atoms with Gasteiger partial charge < -0.3 is 4.74 Å². The number of rotatable bonds is 18. The molecule has 0 radical (unpaired) electrons. The van der Waals surface area contributed by atoms with Crippen molar-refractivity contribution in [3.05, 3.63) is 30.3 Å². The second-order valence-electron chi connectivity index (χ2n) is 7.84. The summed E-state index contributed by atoms with van der Waals surface area (Å²) in [5.74, 6) is 1.00. The van der Waals surface area contributed by atoms with Crippen molar-refractivity contribution in [3.63, 3.8) is 0 Å². The summed E-state index contributed by atoms with van der Waals surface area (Å²) in [5.41, 5.74) is 0. The molecule has 0 bridgehead atoms. The van der Waals surface area contributed by atoms with Gasteiger partial charge in [0, 0.05) is 21.4 Å². The molecule has 0 aliphatic heterocycles. The molecule has 176 valence electrons. The van der Waals surface area contributed by atoms with Gasteiger partial charge in [0.2, 0.25) is 0 Å². The molecule has 0 saturated heterocycles. The summed E-state index contributed by atoms with van der Waals surface area (Å²) in [6, 6.07) is 10.2. The number of hydrogen-bond donors (Lipinski definition) is 0. The lowest BCUT2D eigenvalue weighted by atomic mass is 10.0. The van der Waals surface area contributed by atoms with Crippen LogP contribution in [0.4, 0.5) is 0 Å². The van der Waals surface area contributed by atoms with E-state index in [-0.39, 0.29) is 0 Å². The van der Waals surface area contributed by atoms with Gasteiger partial charge in [-0.3, -0.25) is 0 Å². The fourth-order valence-electron chi connectivity index (χ4n) is 3.36. The van der Waals surface area contributed by atoms with E-state index in [1.165, 1.54) is 103 Å². The van der Waals surface area contributed by atoms with Crippen LogP contribution in [-0.2, 0) is 8.26 Å². The van der Waals surface area contributed by atoms with Gasteiger partial charge in [0.15, 0.2) is 0 Å². The summed E-state index contributed by atoms with van der Waals surface area (Å²) in [7, 11) is 4.81. The zero-order valence-corrected chi connectivity index (χ0v) is 21.1. The maximum Gasteiger partial charge on any atom is 0.317 e. The molecule has 6 heteroatoms. The van der Waals surface area contributed by atoms with Gasteiger partial charge in [-0.05, 0) is 18.6 Å². The molecule has 0 spiro atoms. The predicted octanol–water partition coefficient (Wildman–Crippen LogP) is 9.04. The van der Waals surface area contributed by atoms with Crippen molar-refractivity contribution in [3.8, 4) is 5.75 Å². The molecule has 0 amide bonds. The highest BCUT2D eigenvalue weighted by Gasteiger charge is 1.95. The molecule has 0 atom stereocenters. The van der Waals surface area contributed by atoms with E-state index in [9.17, 15) is 0 Å². The summed E-state index contributed by atoms with van der Waals surface area (Å²) in [4.78, 5) is 0. The van der Waals surface area contributed by atoms with Gasteiger partial charge in [-0.1, -0.05) is 121 Å². The van der Waals surface area contributed by atoms with Crippen LogP contribution in [0.1, 0.15) is 110 Å². The molecule has 0 saturated carbocycles. The SMILES string of the molecule is CCCCCCCCCCCCCCCCCCOc1ccccc1.O=S(=O)(Cl)Cl. The number of benzene rings is 1. The van der Waals surface area contributed by atoms with Crippen molar-refractivity contribution < 1.29 is 13.2 Å². The van der Waals surface area contributed by atoms with Crippen LogP contribution in [0, 0.1) is 0 Å². The Morgan fingerprint density at radius 3 is 1.33 bits per heavy atom. The van der Waals surface area contributed by atoms with Crippen LogP contribution in [0.5, 0.6) is 5.75 Å². The molecule has 0 fully saturated rings. The van der Waals surface area contributed by atoms with Crippen molar-refractivity contribution in [1.29, 1.82) is 0 Å². The van der Waals surface area contributed by atoms with Crippen molar-refractivity contribution >= 4 is 29.6 Å². The molecule has 3 nitrogen and oxygen atoms in total. The van der Waals surface area contributed by atoms with Crippen LogP contribution in [0.3, 0.4) is 0 Å². The average molecular weight is 482 g/mol. The zero-order valence-electron chi connectivity index (χ0n) is 18.8. The summed E-state index contributed by atoms with van der Waals surface area (Å²) in [5, 5.41) is 0. The summed E-state index contributed by atoms with van der Waals surface area (Å²) in [6.07, 6.45) is 22.6. The zero-order chi connectivity index (χ0) is 22.3. The third-order valence-electron chi connectivity index (χ3n) is 5.01. The molecule has 1 aromatic carbocycles. The molecule has 30 heavy (non-hydrogen) atoms. The Morgan fingerprint density at radius 2 is 0.967 bits per heavy atom. The van der Waals surface area contributed by atoms with Crippen molar-refractivity contribution in [2.24, 2.45) is 0 Å². The molecule has 0 N–H and O–H groups in total. The predicted molar refractivity (Wildman–Crippen MR) is 132 cm³/mol. The van der Waals surface area contributed by atoms with Crippen LogP contribution in [0.25, 0.3) is 0 Å². The lowest BCUT2D eigenvalue weighted by molar-refractivity contribution is 0.304. The van der Waals surface area contributed by atoms with E-state index < -0.39 is 8.26 Å². The van der Waals surface area contributed by atoms with Gasteiger partial charge in [0.05, 0.1) is 6.61 Å². The van der Waals surface area contributed by atoms with Crippen LogP contribution in [0.15, 0.2) is 30.3 Å². The van der Waals surface area contributed by atoms with Crippen LogP contribution < -0.4 is 4.74 Å². The van der Waals surface area contributed by atoms with E-state index in [4.69, 9.17) is 13.2 Å². The maximum atomic E-state index is 9.16. The highest BCUT2D eigenvalue weighted by atomic mass is 36.0. The van der Waals surface area contributed by atoms with Crippen molar-refractivity contribution in [1.82, 2.24) is 0 Å². The minimum Gasteiger partial charge on any atom is -0.494 e. The van der Waals surface area contributed by atoms with Gasteiger partial charge in [0.1, 0.15) is 5.75 Å². The van der Waals surface area contributed by atoms with Gasteiger partial charge in [0.25, 0.3) is 0 Å². The van der Waals surface area contributed by atoms with E-state index in [0.29, 0.717) is 0 Å². The first-order valence-electron chi connectivity index (χ1n) is 11.8. The third kappa shape index (κ3) is 27.5. The van der Waals surface area contributed by atoms with E-state index >= 15 is 0 Å². The minimum absolute atomic E-state index is 0.864. The Hall–Kier alpha value is -0.450. The summed E-state index contributed by atoms with van der Waals surface area (Å²) in [6.45, 7) is 3.16. The Labute approximate surface area is 194 Å². The largest absolute Gasteiger partial charge is 0.494 e. The van der Waals surface area contributed by atoms with Crippen molar-refractivity contribution in [2.45, 2.75) is 110 Å². The van der Waals surface area contributed by atoms with E-state index in [2.05, 4.69) is 28.3 Å². The summed E-state index contributed by atoms with van der Waals surface area (Å²) >= 11 is 0. The Balaban J connectivity index is 0.00000150. The molecular weight excluding hydrogens is 439 g/mol. The minimum atomic E-state index is -3.72. The van der Waals surface area contributed by atoms with Crippen LogP contribution in [0.2, 0.25) is 0 Å². The number of hydrogen-bond acceptors (Lipinski definition) is 3. The second kappa shape index (κ2) is 21.8. The first-order valence-corrected chi connectivity index (χ1v) is 14.9. The second-order valence-corrected chi connectivity index (χ2v) is 11.5. The van der Waals surface area contributed by atoms with Crippen molar-refractivity contribution in [2.75, 3.05) is 6.61 Å². The first-order chi connectivity index (χ1) is 14.4.